The van der Waals surface area contributed by atoms with Crippen molar-refractivity contribution in [2.75, 3.05) is 23.8 Å². The van der Waals surface area contributed by atoms with Crippen LogP contribution in [0.2, 0.25) is 0 Å². The molecule has 1 amide bonds. The lowest BCUT2D eigenvalue weighted by atomic mass is 9.96. The molecular weight excluding hydrogens is 350 g/mol. The van der Waals surface area contributed by atoms with Gasteiger partial charge in [-0.3, -0.25) is 9.78 Å². The summed E-state index contributed by atoms with van der Waals surface area (Å²) in [6.45, 7) is 0.185. The second-order valence-corrected chi connectivity index (χ2v) is 6.91. The maximum Gasteiger partial charge on any atom is 0.246 e. The monoisotopic (exact) mass is 373 g/mol. The van der Waals surface area contributed by atoms with E-state index < -0.39 is 0 Å². The van der Waals surface area contributed by atoms with Gasteiger partial charge in [0.05, 0.1) is 6.54 Å². The fourth-order valence-electron chi connectivity index (χ4n) is 3.44. The van der Waals surface area contributed by atoms with Crippen LogP contribution < -0.4 is 10.2 Å². The molecule has 1 aromatic carbocycles. The zero-order valence-electron chi connectivity index (χ0n) is 15.9. The van der Waals surface area contributed by atoms with E-state index in [1.165, 1.54) is 0 Å². The average Bonchev–Trinajstić information content (AvgIpc) is 2.77. The Morgan fingerprint density at radius 1 is 1.04 bits per heavy atom. The number of pyridine rings is 1. The van der Waals surface area contributed by atoms with Gasteiger partial charge >= 0.3 is 0 Å². The van der Waals surface area contributed by atoms with E-state index in [-0.39, 0.29) is 12.5 Å². The van der Waals surface area contributed by atoms with Crippen molar-refractivity contribution < 1.29 is 4.79 Å². The number of anilines is 2. The average molecular weight is 373 g/mol. The summed E-state index contributed by atoms with van der Waals surface area (Å²) in [5, 5.41) is 3.28. The zero-order valence-corrected chi connectivity index (χ0v) is 15.9. The summed E-state index contributed by atoms with van der Waals surface area (Å²) in [6.07, 6.45) is 7.62. The molecule has 0 unspecified atom stereocenters. The van der Waals surface area contributed by atoms with Crippen LogP contribution in [0.4, 0.5) is 11.5 Å². The highest BCUT2D eigenvalue weighted by molar-refractivity contribution is 5.95. The summed E-state index contributed by atoms with van der Waals surface area (Å²) in [7, 11) is 1.79. The maximum atomic E-state index is 12.7. The molecule has 0 atom stereocenters. The normalized spacial score (nSPS) is 12.9. The smallest absolute Gasteiger partial charge is 0.246 e. The minimum Gasteiger partial charge on any atom is -0.361 e. The summed E-state index contributed by atoms with van der Waals surface area (Å²) >= 11 is 0. The first kappa shape index (κ1) is 18.1. The number of aryl methyl sites for hydroxylation is 1. The van der Waals surface area contributed by atoms with Gasteiger partial charge in [-0.2, -0.15) is 0 Å². The Morgan fingerprint density at radius 2 is 1.79 bits per heavy atom. The van der Waals surface area contributed by atoms with Crippen LogP contribution in [-0.2, 0) is 17.6 Å². The number of benzene rings is 1. The molecule has 2 heterocycles. The van der Waals surface area contributed by atoms with Crippen LogP contribution in [0.25, 0.3) is 11.4 Å². The molecule has 1 aliphatic rings. The van der Waals surface area contributed by atoms with Crippen LogP contribution >= 0.6 is 0 Å². The number of aromatic nitrogens is 3. The van der Waals surface area contributed by atoms with Crippen molar-refractivity contribution in [3.05, 3.63) is 66.1 Å². The Balaban J connectivity index is 1.57. The van der Waals surface area contributed by atoms with Crippen LogP contribution in [-0.4, -0.2) is 34.5 Å². The van der Waals surface area contributed by atoms with Crippen LogP contribution in [0.1, 0.15) is 24.1 Å². The summed E-state index contributed by atoms with van der Waals surface area (Å²) in [4.78, 5) is 27.9. The summed E-state index contributed by atoms with van der Waals surface area (Å²) < 4.78 is 0. The molecule has 2 aromatic heterocycles. The molecule has 0 aliphatic heterocycles. The Kier molecular flexibility index (Phi) is 5.28. The van der Waals surface area contributed by atoms with E-state index in [9.17, 15) is 4.79 Å². The van der Waals surface area contributed by atoms with Gasteiger partial charge in [0.25, 0.3) is 0 Å². The molecule has 1 N–H and O–H groups in total. The van der Waals surface area contributed by atoms with Crippen molar-refractivity contribution in [2.24, 2.45) is 0 Å². The molecule has 0 fully saturated rings. The van der Waals surface area contributed by atoms with E-state index in [1.54, 1.807) is 24.3 Å². The molecule has 28 heavy (non-hydrogen) atoms. The zero-order chi connectivity index (χ0) is 19.3. The number of amides is 1. The van der Waals surface area contributed by atoms with Gasteiger partial charge in [0.15, 0.2) is 5.82 Å². The first-order valence-corrected chi connectivity index (χ1v) is 9.58. The van der Waals surface area contributed by atoms with Crippen molar-refractivity contribution in [1.29, 1.82) is 0 Å². The third-order valence-electron chi connectivity index (χ3n) is 5.05. The van der Waals surface area contributed by atoms with Gasteiger partial charge in [-0.25, -0.2) is 9.97 Å². The maximum absolute atomic E-state index is 12.7. The minimum absolute atomic E-state index is 0.0140. The van der Waals surface area contributed by atoms with Gasteiger partial charge < -0.3 is 10.2 Å². The second-order valence-electron chi connectivity index (χ2n) is 6.91. The number of para-hydroxylation sites is 1. The van der Waals surface area contributed by atoms with Crippen molar-refractivity contribution >= 4 is 17.4 Å². The Labute approximate surface area is 164 Å². The number of nitrogens with one attached hydrogen (secondary N) is 1. The SMILES string of the molecule is CN(C(=O)CNc1nc(-c2ccncc2)nc2c1CCCC2)c1ccccc1. The Bertz CT molecular complexity index is 959. The van der Waals surface area contributed by atoms with Gasteiger partial charge in [-0.15, -0.1) is 0 Å². The van der Waals surface area contributed by atoms with Crippen LogP contribution in [0, 0.1) is 0 Å². The van der Waals surface area contributed by atoms with E-state index in [0.717, 1.165) is 54.0 Å². The Morgan fingerprint density at radius 3 is 2.57 bits per heavy atom. The van der Waals surface area contributed by atoms with E-state index in [1.807, 2.05) is 42.5 Å². The van der Waals surface area contributed by atoms with E-state index in [0.29, 0.717) is 5.82 Å². The van der Waals surface area contributed by atoms with Crippen molar-refractivity contribution in [2.45, 2.75) is 25.7 Å². The van der Waals surface area contributed by atoms with Gasteiger partial charge in [-0.1, -0.05) is 18.2 Å². The number of carbonyl (C=O) groups is 1. The molecular formula is C22H23N5O. The Hall–Kier alpha value is -3.28. The molecule has 0 spiro atoms. The predicted octanol–water partition coefficient (Wildman–Crippen LogP) is 3.49. The first-order chi connectivity index (χ1) is 13.7. The quantitative estimate of drug-likeness (QED) is 0.741. The summed E-state index contributed by atoms with van der Waals surface area (Å²) in [5.41, 5.74) is 4.02. The number of nitrogens with zero attached hydrogens (tertiary/aromatic N) is 4. The number of likely N-dealkylation sites (N-methyl/N-ethyl adjacent to an activating group) is 1. The van der Waals surface area contributed by atoms with E-state index in [4.69, 9.17) is 9.97 Å². The van der Waals surface area contributed by atoms with Gasteiger partial charge in [0.2, 0.25) is 5.91 Å². The number of rotatable bonds is 5. The topological polar surface area (TPSA) is 71.0 Å². The summed E-state index contributed by atoms with van der Waals surface area (Å²) in [5.74, 6) is 1.43. The molecule has 4 rings (SSSR count). The highest BCUT2D eigenvalue weighted by Crippen LogP contribution is 2.28. The molecule has 6 nitrogen and oxygen atoms in total. The molecule has 3 aromatic rings. The van der Waals surface area contributed by atoms with Crippen LogP contribution in [0.5, 0.6) is 0 Å². The molecule has 0 bridgehead atoms. The van der Waals surface area contributed by atoms with Crippen LogP contribution in [0.15, 0.2) is 54.9 Å². The van der Waals surface area contributed by atoms with Crippen LogP contribution in [0.3, 0.4) is 0 Å². The largest absolute Gasteiger partial charge is 0.361 e. The van der Waals surface area contributed by atoms with E-state index in [2.05, 4.69) is 10.3 Å². The third-order valence-corrected chi connectivity index (χ3v) is 5.05. The molecule has 1 aliphatic carbocycles. The predicted molar refractivity (Wildman–Crippen MR) is 110 cm³/mol. The van der Waals surface area contributed by atoms with Gasteiger partial charge in [0, 0.05) is 41.9 Å². The number of hydrogen-bond donors (Lipinski definition) is 1. The lowest BCUT2D eigenvalue weighted by Crippen LogP contribution is -2.32. The van der Waals surface area contributed by atoms with Gasteiger partial charge in [-0.05, 0) is 49.9 Å². The van der Waals surface area contributed by atoms with E-state index >= 15 is 0 Å². The third kappa shape index (κ3) is 3.86. The molecule has 6 heteroatoms. The number of hydrogen-bond acceptors (Lipinski definition) is 5. The molecule has 0 saturated carbocycles. The minimum atomic E-state index is -0.0140. The highest BCUT2D eigenvalue weighted by atomic mass is 16.2. The lowest BCUT2D eigenvalue weighted by molar-refractivity contribution is -0.116. The number of fused-ring (bicyclic) bond motifs is 1. The van der Waals surface area contributed by atoms with Crippen molar-refractivity contribution in [1.82, 2.24) is 15.0 Å². The van der Waals surface area contributed by atoms with Gasteiger partial charge in [0.1, 0.15) is 5.82 Å². The van der Waals surface area contributed by atoms with Crippen molar-refractivity contribution in [3.8, 4) is 11.4 Å². The highest BCUT2D eigenvalue weighted by Gasteiger charge is 2.19. The molecule has 142 valence electrons. The number of carbonyl (C=O) groups excluding carboxylic acids is 1. The standard InChI is InChI=1S/C22H23N5O/c1-27(17-7-3-2-4-8-17)20(28)15-24-22-18-9-5-6-10-19(18)25-21(26-22)16-11-13-23-14-12-16/h2-4,7-8,11-14H,5-6,9-10,15H2,1H3,(H,24,25,26). The first-order valence-electron chi connectivity index (χ1n) is 9.58. The fraction of sp³-hybridized carbons (Fsp3) is 0.273. The molecule has 0 radical (unpaired) electrons. The lowest BCUT2D eigenvalue weighted by Gasteiger charge is -2.21. The molecule has 0 saturated heterocycles. The van der Waals surface area contributed by atoms with Crippen molar-refractivity contribution in [3.63, 3.8) is 0 Å². The fourth-order valence-corrected chi connectivity index (χ4v) is 3.44. The second kappa shape index (κ2) is 8.17. The summed E-state index contributed by atoms with van der Waals surface area (Å²) in [6, 6.07) is 13.4.